The predicted molar refractivity (Wildman–Crippen MR) is 126 cm³/mol. The normalized spacial score (nSPS) is 12.9. The van der Waals surface area contributed by atoms with E-state index in [0.717, 1.165) is 30.3 Å². The number of carboxylic acids is 1. The zero-order chi connectivity index (χ0) is 27.5. The highest BCUT2D eigenvalue weighted by Gasteiger charge is 2.41. The van der Waals surface area contributed by atoms with Crippen LogP contribution in [0.5, 0.6) is 0 Å². The molecule has 10 heteroatoms. The van der Waals surface area contributed by atoms with Crippen LogP contribution in [0.1, 0.15) is 53.2 Å². The minimum Gasteiger partial charge on any atom is -0.481 e. The van der Waals surface area contributed by atoms with Crippen LogP contribution in [0.2, 0.25) is 0 Å². The molecule has 0 aliphatic rings. The number of carboxylic acid groups (broad SMARTS) is 1. The number of carbonyl (C=O) groups excluding carboxylic acids is 1. The first-order valence-corrected chi connectivity index (χ1v) is 11.2. The summed E-state index contributed by atoms with van der Waals surface area (Å²) in [5.41, 5.74) is -3.64. The lowest BCUT2D eigenvalue weighted by atomic mass is 9.84. The van der Waals surface area contributed by atoms with E-state index in [9.17, 15) is 41.0 Å². The summed E-state index contributed by atoms with van der Waals surface area (Å²) < 4.78 is 82.5. The van der Waals surface area contributed by atoms with E-state index in [-0.39, 0.29) is 17.9 Å². The first kappa shape index (κ1) is 27.8. The van der Waals surface area contributed by atoms with Crippen molar-refractivity contribution in [2.24, 2.45) is 5.92 Å². The van der Waals surface area contributed by atoms with Gasteiger partial charge in [-0.1, -0.05) is 50.2 Å². The van der Waals surface area contributed by atoms with Crippen LogP contribution >= 0.6 is 0 Å². The van der Waals surface area contributed by atoms with Crippen molar-refractivity contribution in [3.05, 3.63) is 89.0 Å². The minimum atomic E-state index is -5.08. The van der Waals surface area contributed by atoms with E-state index in [0.29, 0.717) is 11.6 Å². The van der Waals surface area contributed by atoms with Gasteiger partial charge in [-0.2, -0.15) is 26.3 Å². The molecule has 2 N–H and O–H groups in total. The van der Waals surface area contributed by atoms with E-state index in [1.165, 1.54) is 0 Å². The highest BCUT2D eigenvalue weighted by Crippen LogP contribution is 2.44. The summed E-state index contributed by atoms with van der Waals surface area (Å²) in [4.78, 5) is 24.9. The third kappa shape index (κ3) is 6.69. The van der Waals surface area contributed by atoms with Gasteiger partial charge in [0.05, 0.1) is 22.7 Å². The molecule has 1 unspecified atom stereocenters. The van der Waals surface area contributed by atoms with Crippen LogP contribution in [0.25, 0.3) is 11.1 Å². The Morgan fingerprint density at radius 2 is 1.49 bits per heavy atom. The van der Waals surface area contributed by atoms with Gasteiger partial charge >= 0.3 is 18.3 Å². The van der Waals surface area contributed by atoms with Crippen molar-refractivity contribution in [1.29, 1.82) is 0 Å². The zero-order valence-electron chi connectivity index (χ0n) is 19.7. The lowest BCUT2D eigenvalue weighted by Crippen LogP contribution is -2.23. The van der Waals surface area contributed by atoms with Crippen molar-refractivity contribution in [3.63, 3.8) is 0 Å². The number of carbonyl (C=O) groups is 2. The van der Waals surface area contributed by atoms with Gasteiger partial charge in [0.1, 0.15) is 0 Å². The largest absolute Gasteiger partial charge is 0.481 e. The Morgan fingerprint density at radius 1 is 0.838 bits per heavy atom. The molecule has 0 bridgehead atoms. The van der Waals surface area contributed by atoms with Gasteiger partial charge in [-0.25, -0.2) is 0 Å². The van der Waals surface area contributed by atoms with Gasteiger partial charge in [0.25, 0.3) is 5.91 Å². The molecule has 0 fully saturated rings. The number of anilines is 1. The fraction of sp³-hybridized carbons (Fsp3) is 0.259. The molecule has 1 atom stereocenters. The van der Waals surface area contributed by atoms with E-state index in [1.807, 2.05) is 0 Å². The van der Waals surface area contributed by atoms with E-state index in [1.54, 1.807) is 44.2 Å². The van der Waals surface area contributed by atoms with Gasteiger partial charge in [-0.05, 0) is 59.4 Å². The molecular weight excluding hydrogens is 500 g/mol. The van der Waals surface area contributed by atoms with E-state index < -0.39 is 58.1 Å². The second-order valence-corrected chi connectivity index (χ2v) is 8.90. The number of halogens is 6. The van der Waals surface area contributed by atoms with Crippen LogP contribution in [0.4, 0.5) is 32.0 Å². The third-order valence-electron chi connectivity index (χ3n) is 5.64. The number of alkyl halides is 6. The molecule has 37 heavy (non-hydrogen) atoms. The number of hydrogen-bond acceptors (Lipinski definition) is 2. The summed E-state index contributed by atoms with van der Waals surface area (Å²) >= 11 is 0. The van der Waals surface area contributed by atoms with Crippen molar-refractivity contribution >= 4 is 17.6 Å². The standard InChI is InChI=1S/C27H23F6NO3/c1-15(2)11-21(25(36)37)20-13-18(16-7-4-3-5-8-16)14-22(23(20)27(31,32)33)34-24(35)17-9-6-10-19(12-17)26(28,29)30/h3-10,12-15,21H,11H2,1-2H3,(H,34,35)(H,36,37). The number of benzene rings is 3. The van der Waals surface area contributed by atoms with Crippen LogP contribution in [0, 0.1) is 5.92 Å². The molecule has 3 aromatic carbocycles. The Bertz CT molecular complexity index is 1280. The lowest BCUT2D eigenvalue weighted by molar-refractivity contribution is -0.141. The van der Waals surface area contributed by atoms with Gasteiger partial charge in [0.2, 0.25) is 0 Å². The number of hydrogen-bond donors (Lipinski definition) is 2. The number of amides is 1. The average Bonchev–Trinajstić information content (AvgIpc) is 2.81. The predicted octanol–water partition coefficient (Wildman–Crippen LogP) is 7.86. The van der Waals surface area contributed by atoms with Gasteiger partial charge in [0.15, 0.2) is 0 Å². The Hall–Kier alpha value is -3.82. The Morgan fingerprint density at radius 3 is 2.03 bits per heavy atom. The summed E-state index contributed by atoms with van der Waals surface area (Å²) in [5, 5.41) is 11.9. The highest BCUT2D eigenvalue weighted by molar-refractivity contribution is 6.05. The number of rotatable bonds is 7. The quantitative estimate of drug-likeness (QED) is 0.310. The highest BCUT2D eigenvalue weighted by atomic mass is 19.4. The number of nitrogens with one attached hydrogen (secondary N) is 1. The molecule has 3 aromatic rings. The van der Waals surface area contributed by atoms with Crippen LogP contribution in [0.3, 0.4) is 0 Å². The lowest BCUT2D eigenvalue weighted by Gasteiger charge is -2.24. The molecule has 0 saturated heterocycles. The minimum absolute atomic E-state index is 0.113. The maximum Gasteiger partial charge on any atom is 0.418 e. The number of aliphatic carboxylic acids is 1. The van der Waals surface area contributed by atoms with Gasteiger partial charge in [-0.3, -0.25) is 9.59 Å². The van der Waals surface area contributed by atoms with Crippen molar-refractivity contribution in [1.82, 2.24) is 0 Å². The first-order chi connectivity index (χ1) is 17.2. The second kappa shape index (κ2) is 10.7. The van der Waals surface area contributed by atoms with Crippen LogP contribution in [-0.4, -0.2) is 17.0 Å². The Balaban J connectivity index is 2.24. The topological polar surface area (TPSA) is 66.4 Å². The van der Waals surface area contributed by atoms with Crippen molar-refractivity contribution in [2.75, 3.05) is 5.32 Å². The van der Waals surface area contributed by atoms with Crippen molar-refractivity contribution in [3.8, 4) is 11.1 Å². The first-order valence-electron chi connectivity index (χ1n) is 11.2. The Kier molecular flexibility index (Phi) is 8.00. The molecule has 0 aromatic heterocycles. The summed E-state index contributed by atoms with van der Waals surface area (Å²) in [6.45, 7) is 3.33. The maximum absolute atomic E-state index is 14.4. The fourth-order valence-corrected chi connectivity index (χ4v) is 4.02. The van der Waals surface area contributed by atoms with Gasteiger partial charge in [-0.15, -0.1) is 0 Å². The van der Waals surface area contributed by atoms with Crippen LogP contribution in [0.15, 0.2) is 66.7 Å². The summed E-state index contributed by atoms with van der Waals surface area (Å²) in [6.07, 6.45) is -9.96. The second-order valence-electron chi connectivity index (χ2n) is 8.90. The SMILES string of the molecule is CC(C)CC(C(=O)O)c1cc(-c2ccccc2)cc(NC(=O)c2cccc(C(F)(F)F)c2)c1C(F)(F)F. The molecule has 1 amide bonds. The smallest absolute Gasteiger partial charge is 0.418 e. The molecule has 3 rings (SSSR count). The molecular formula is C27H23F6NO3. The molecule has 0 aliphatic heterocycles. The monoisotopic (exact) mass is 523 g/mol. The van der Waals surface area contributed by atoms with E-state index in [2.05, 4.69) is 5.32 Å². The zero-order valence-corrected chi connectivity index (χ0v) is 19.7. The third-order valence-corrected chi connectivity index (χ3v) is 5.64. The molecule has 0 heterocycles. The molecule has 0 saturated carbocycles. The average molecular weight is 523 g/mol. The summed E-state index contributed by atoms with van der Waals surface area (Å²) in [5.74, 6) is -4.50. The Labute approximate surface area is 208 Å². The van der Waals surface area contributed by atoms with Crippen LogP contribution in [-0.2, 0) is 17.1 Å². The van der Waals surface area contributed by atoms with E-state index >= 15 is 0 Å². The molecule has 0 spiro atoms. The van der Waals surface area contributed by atoms with Gasteiger partial charge in [0, 0.05) is 5.56 Å². The molecule has 196 valence electrons. The summed E-state index contributed by atoms with van der Waals surface area (Å²) in [7, 11) is 0. The van der Waals surface area contributed by atoms with Crippen LogP contribution < -0.4 is 5.32 Å². The molecule has 0 radical (unpaired) electrons. The molecule has 4 nitrogen and oxygen atoms in total. The van der Waals surface area contributed by atoms with E-state index in [4.69, 9.17) is 0 Å². The van der Waals surface area contributed by atoms with Crippen molar-refractivity contribution < 1.29 is 41.0 Å². The van der Waals surface area contributed by atoms with Crippen molar-refractivity contribution in [2.45, 2.75) is 38.5 Å². The fourth-order valence-electron chi connectivity index (χ4n) is 4.02. The summed E-state index contributed by atoms with van der Waals surface area (Å²) in [6, 6.07) is 13.6. The van der Waals surface area contributed by atoms with Gasteiger partial charge < -0.3 is 10.4 Å². The molecule has 0 aliphatic carbocycles. The maximum atomic E-state index is 14.4.